The quantitative estimate of drug-likeness (QED) is 0.297. The van der Waals surface area contributed by atoms with E-state index < -0.39 is 5.82 Å². The van der Waals surface area contributed by atoms with Gasteiger partial charge in [-0.1, -0.05) is 51.6 Å². The van der Waals surface area contributed by atoms with E-state index in [1.165, 1.54) is 11.8 Å². The number of halogens is 1. The van der Waals surface area contributed by atoms with Gasteiger partial charge in [0.15, 0.2) is 11.6 Å². The number of anilines is 3. The first-order valence-corrected chi connectivity index (χ1v) is 13.0. The highest BCUT2D eigenvalue weighted by Crippen LogP contribution is 2.29. The SMILES string of the molecule is C=C(c1ccc(C(C)(C)C)cc1)N1CCC(CNc2nc(Nc3ccc(OCCOC)cc3)ncc2F)C1. The maximum atomic E-state index is 14.5. The molecule has 38 heavy (non-hydrogen) atoms. The van der Waals surface area contributed by atoms with E-state index in [0.717, 1.165) is 42.2 Å². The van der Waals surface area contributed by atoms with Crippen LogP contribution in [0, 0.1) is 11.7 Å². The van der Waals surface area contributed by atoms with Crippen LogP contribution in [-0.2, 0) is 10.2 Å². The molecule has 1 aliphatic rings. The molecule has 202 valence electrons. The molecule has 0 spiro atoms. The van der Waals surface area contributed by atoms with Crippen molar-refractivity contribution in [2.24, 2.45) is 5.92 Å². The Morgan fingerprint density at radius 1 is 1.11 bits per heavy atom. The van der Waals surface area contributed by atoms with Crippen molar-refractivity contribution in [3.63, 3.8) is 0 Å². The minimum Gasteiger partial charge on any atom is -0.491 e. The zero-order valence-electron chi connectivity index (χ0n) is 22.8. The Morgan fingerprint density at radius 2 is 1.84 bits per heavy atom. The van der Waals surface area contributed by atoms with Crippen LogP contribution in [-0.4, -0.2) is 54.8 Å². The fourth-order valence-electron chi connectivity index (χ4n) is 4.39. The molecule has 3 aromatic rings. The number of benzene rings is 2. The van der Waals surface area contributed by atoms with E-state index in [1.807, 2.05) is 24.3 Å². The first-order valence-electron chi connectivity index (χ1n) is 13.0. The second kappa shape index (κ2) is 12.3. The number of methoxy groups -OCH3 is 1. The molecular weight excluding hydrogens is 481 g/mol. The molecule has 7 nitrogen and oxygen atoms in total. The molecule has 0 aliphatic carbocycles. The summed E-state index contributed by atoms with van der Waals surface area (Å²) in [7, 11) is 1.63. The Kier molecular flexibility index (Phi) is 8.84. The van der Waals surface area contributed by atoms with Gasteiger partial charge in [-0.2, -0.15) is 4.98 Å². The van der Waals surface area contributed by atoms with Crippen molar-refractivity contribution < 1.29 is 13.9 Å². The van der Waals surface area contributed by atoms with Gasteiger partial charge in [0.25, 0.3) is 0 Å². The van der Waals surface area contributed by atoms with E-state index in [1.54, 1.807) is 7.11 Å². The summed E-state index contributed by atoms with van der Waals surface area (Å²) in [4.78, 5) is 10.7. The smallest absolute Gasteiger partial charge is 0.229 e. The van der Waals surface area contributed by atoms with E-state index in [9.17, 15) is 4.39 Å². The van der Waals surface area contributed by atoms with Crippen LogP contribution in [0.4, 0.5) is 21.8 Å². The van der Waals surface area contributed by atoms with Crippen LogP contribution in [0.15, 0.2) is 61.3 Å². The molecule has 2 aromatic carbocycles. The van der Waals surface area contributed by atoms with Crippen LogP contribution < -0.4 is 15.4 Å². The van der Waals surface area contributed by atoms with E-state index in [0.29, 0.717) is 31.6 Å². The minimum atomic E-state index is -0.476. The van der Waals surface area contributed by atoms with Gasteiger partial charge >= 0.3 is 0 Å². The van der Waals surface area contributed by atoms with Gasteiger partial charge in [0.2, 0.25) is 5.95 Å². The highest BCUT2D eigenvalue weighted by Gasteiger charge is 2.24. The highest BCUT2D eigenvalue weighted by atomic mass is 19.1. The summed E-state index contributed by atoms with van der Waals surface area (Å²) >= 11 is 0. The molecule has 2 heterocycles. The average molecular weight is 520 g/mol. The first-order chi connectivity index (χ1) is 18.2. The predicted molar refractivity (Wildman–Crippen MR) is 151 cm³/mol. The summed E-state index contributed by atoms with van der Waals surface area (Å²) in [6, 6.07) is 16.1. The molecule has 1 aromatic heterocycles. The fourth-order valence-corrected chi connectivity index (χ4v) is 4.39. The van der Waals surface area contributed by atoms with Crippen LogP contribution in [0.5, 0.6) is 5.75 Å². The number of hydrogen-bond acceptors (Lipinski definition) is 7. The lowest BCUT2D eigenvalue weighted by molar-refractivity contribution is 0.146. The minimum absolute atomic E-state index is 0.125. The lowest BCUT2D eigenvalue weighted by Crippen LogP contribution is -2.22. The summed E-state index contributed by atoms with van der Waals surface area (Å²) in [5.41, 5.74) is 4.38. The van der Waals surface area contributed by atoms with Crippen LogP contribution in [0.3, 0.4) is 0 Å². The molecule has 1 aliphatic heterocycles. The van der Waals surface area contributed by atoms with Crippen molar-refractivity contribution >= 4 is 23.2 Å². The molecule has 1 saturated heterocycles. The van der Waals surface area contributed by atoms with E-state index >= 15 is 0 Å². The second-order valence-electron chi connectivity index (χ2n) is 10.6. The summed E-state index contributed by atoms with van der Waals surface area (Å²) in [5, 5.41) is 6.31. The number of hydrogen-bond donors (Lipinski definition) is 2. The molecule has 1 atom stereocenters. The van der Waals surface area contributed by atoms with Crippen LogP contribution in [0.25, 0.3) is 5.70 Å². The summed E-state index contributed by atoms with van der Waals surface area (Å²) in [6.07, 6.45) is 2.19. The van der Waals surface area contributed by atoms with Crippen molar-refractivity contribution in [1.82, 2.24) is 14.9 Å². The van der Waals surface area contributed by atoms with E-state index in [4.69, 9.17) is 9.47 Å². The predicted octanol–water partition coefficient (Wildman–Crippen LogP) is 6.09. The molecule has 0 saturated carbocycles. The number of nitrogens with one attached hydrogen (secondary N) is 2. The second-order valence-corrected chi connectivity index (χ2v) is 10.6. The Hall–Kier alpha value is -3.65. The molecular formula is C30H38FN5O2. The number of ether oxygens (including phenoxy) is 2. The number of likely N-dealkylation sites (tertiary alicyclic amines) is 1. The maximum Gasteiger partial charge on any atom is 0.229 e. The largest absolute Gasteiger partial charge is 0.491 e. The molecule has 0 bridgehead atoms. The molecule has 4 rings (SSSR count). The fraction of sp³-hybridized carbons (Fsp3) is 0.400. The van der Waals surface area contributed by atoms with Crippen molar-refractivity contribution in [3.05, 3.63) is 78.3 Å². The van der Waals surface area contributed by atoms with Crippen LogP contribution in [0.1, 0.15) is 38.3 Å². The standard InChI is InChI=1S/C30H38FN5O2/c1-21(23-6-8-24(9-7-23)30(2,3)4)36-15-14-22(20-36)18-32-28-27(31)19-33-29(35-28)34-25-10-12-26(13-11-25)38-17-16-37-5/h6-13,19,22H,1,14-18,20H2,2-5H3,(H2,32,33,34,35). The van der Waals surface area contributed by atoms with Gasteiger partial charge in [-0.3, -0.25) is 0 Å². The Morgan fingerprint density at radius 3 is 2.53 bits per heavy atom. The van der Waals surface area contributed by atoms with Crippen molar-refractivity contribution in [3.8, 4) is 5.75 Å². The van der Waals surface area contributed by atoms with Gasteiger partial charge in [-0.15, -0.1) is 0 Å². The molecule has 1 unspecified atom stereocenters. The number of rotatable bonds is 11. The molecule has 8 heteroatoms. The lowest BCUT2D eigenvalue weighted by atomic mass is 9.86. The lowest BCUT2D eigenvalue weighted by Gasteiger charge is -2.23. The van der Waals surface area contributed by atoms with E-state index in [-0.39, 0.29) is 11.2 Å². The van der Waals surface area contributed by atoms with Crippen molar-refractivity contribution in [2.45, 2.75) is 32.6 Å². The Labute approximate surface area is 225 Å². The molecule has 0 radical (unpaired) electrons. The summed E-state index contributed by atoms with van der Waals surface area (Å²) in [6.45, 7) is 14.4. The van der Waals surface area contributed by atoms with Crippen molar-refractivity contribution in [2.75, 3.05) is 50.6 Å². The maximum absolute atomic E-state index is 14.5. The van der Waals surface area contributed by atoms with Gasteiger partial charge in [-0.05, 0) is 53.1 Å². The normalized spacial score (nSPS) is 15.4. The van der Waals surface area contributed by atoms with Gasteiger partial charge in [-0.25, -0.2) is 9.37 Å². The van der Waals surface area contributed by atoms with Gasteiger partial charge in [0.1, 0.15) is 12.4 Å². The van der Waals surface area contributed by atoms with Crippen LogP contribution in [0.2, 0.25) is 0 Å². The molecule has 1 fully saturated rings. The summed E-state index contributed by atoms with van der Waals surface area (Å²) < 4.78 is 25.0. The topological polar surface area (TPSA) is 71.5 Å². The monoisotopic (exact) mass is 519 g/mol. The zero-order chi connectivity index (χ0) is 27.1. The van der Waals surface area contributed by atoms with E-state index in [2.05, 4.69) is 77.1 Å². The number of nitrogens with zero attached hydrogens (tertiary/aromatic N) is 3. The van der Waals surface area contributed by atoms with Gasteiger partial charge in [0, 0.05) is 38.1 Å². The molecule has 2 N–H and O–H groups in total. The zero-order valence-corrected chi connectivity index (χ0v) is 22.8. The Balaban J connectivity index is 1.29. The average Bonchev–Trinajstić information content (AvgIpc) is 3.38. The van der Waals surface area contributed by atoms with Crippen molar-refractivity contribution in [1.29, 1.82) is 0 Å². The third kappa shape index (κ3) is 7.22. The molecule has 0 amide bonds. The highest BCUT2D eigenvalue weighted by molar-refractivity contribution is 5.62. The Bertz CT molecular complexity index is 1210. The number of aromatic nitrogens is 2. The summed E-state index contributed by atoms with van der Waals surface area (Å²) in [5.74, 6) is 1.14. The third-order valence-electron chi connectivity index (χ3n) is 6.72. The van der Waals surface area contributed by atoms with Gasteiger partial charge < -0.3 is 25.0 Å². The first kappa shape index (κ1) is 27.4. The third-order valence-corrected chi connectivity index (χ3v) is 6.72. The van der Waals surface area contributed by atoms with Gasteiger partial charge in [0.05, 0.1) is 12.8 Å². The van der Waals surface area contributed by atoms with Crippen LogP contribution >= 0.6 is 0 Å².